The van der Waals surface area contributed by atoms with Crippen molar-refractivity contribution in [3.8, 4) is 6.07 Å². The second-order valence-corrected chi connectivity index (χ2v) is 3.52. The first-order valence-corrected chi connectivity index (χ1v) is 5.12. The van der Waals surface area contributed by atoms with Crippen LogP contribution in [0.2, 0.25) is 0 Å². The van der Waals surface area contributed by atoms with Gasteiger partial charge in [0.25, 0.3) is 0 Å². The fraction of sp³-hybridized carbons (Fsp3) is 0.417. The van der Waals surface area contributed by atoms with E-state index in [1.807, 2.05) is 13.0 Å². The van der Waals surface area contributed by atoms with Gasteiger partial charge in [0.05, 0.1) is 11.6 Å². The van der Waals surface area contributed by atoms with Gasteiger partial charge in [0.1, 0.15) is 5.82 Å². The SMILES string of the molecule is CCCNC(C)c1ccc(C#N)cc1F. The van der Waals surface area contributed by atoms with Crippen LogP contribution in [0.15, 0.2) is 18.2 Å². The highest BCUT2D eigenvalue weighted by Crippen LogP contribution is 2.17. The summed E-state index contributed by atoms with van der Waals surface area (Å²) in [4.78, 5) is 0. The highest BCUT2D eigenvalue weighted by molar-refractivity contribution is 5.34. The van der Waals surface area contributed by atoms with Crippen LogP contribution < -0.4 is 5.32 Å². The second-order valence-electron chi connectivity index (χ2n) is 3.52. The lowest BCUT2D eigenvalue weighted by atomic mass is 10.1. The van der Waals surface area contributed by atoms with Crippen molar-refractivity contribution in [2.24, 2.45) is 0 Å². The molecule has 1 aromatic carbocycles. The number of nitrogens with one attached hydrogen (secondary N) is 1. The van der Waals surface area contributed by atoms with Crippen molar-refractivity contribution in [2.75, 3.05) is 6.54 Å². The van der Waals surface area contributed by atoms with Crippen molar-refractivity contribution in [1.29, 1.82) is 5.26 Å². The molecule has 0 aromatic heterocycles. The largest absolute Gasteiger partial charge is 0.310 e. The normalized spacial score (nSPS) is 12.1. The van der Waals surface area contributed by atoms with Crippen molar-refractivity contribution < 1.29 is 4.39 Å². The van der Waals surface area contributed by atoms with E-state index in [-0.39, 0.29) is 11.9 Å². The molecule has 1 N–H and O–H groups in total. The van der Waals surface area contributed by atoms with E-state index < -0.39 is 0 Å². The second kappa shape index (κ2) is 5.47. The van der Waals surface area contributed by atoms with E-state index in [1.54, 1.807) is 12.1 Å². The van der Waals surface area contributed by atoms with Crippen LogP contribution in [0.4, 0.5) is 4.39 Å². The summed E-state index contributed by atoms with van der Waals surface area (Å²) in [5.74, 6) is -0.315. The molecule has 1 rings (SSSR count). The lowest BCUT2D eigenvalue weighted by Gasteiger charge is -2.14. The number of halogens is 1. The van der Waals surface area contributed by atoms with Gasteiger partial charge in [0.2, 0.25) is 0 Å². The van der Waals surface area contributed by atoms with Crippen LogP contribution in [0, 0.1) is 17.1 Å². The molecular weight excluding hydrogens is 191 g/mol. The predicted molar refractivity (Wildman–Crippen MR) is 57.8 cm³/mol. The van der Waals surface area contributed by atoms with Gasteiger partial charge in [-0.05, 0) is 32.0 Å². The molecule has 1 unspecified atom stereocenters. The van der Waals surface area contributed by atoms with E-state index in [0.717, 1.165) is 13.0 Å². The van der Waals surface area contributed by atoms with E-state index in [1.165, 1.54) is 6.07 Å². The van der Waals surface area contributed by atoms with E-state index in [0.29, 0.717) is 11.1 Å². The average molecular weight is 206 g/mol. The molecule has 0 aliphatic heterocycles. The Bertz CT molecular complexity index is 368. The van der Waals surface area contributed by atoms with Gasteiger partial charge < -0.3 is 5.32 Å². The Balaban J connectivity index is 2.82. The minimum Gasteiger partial charge on any atom is -0.310 e. The van der Waals surface area contributed by atoms with Crippen LogP contribution in [0.3, 0.4) is 0 Å². The molecule has 0 bridgehead atoms. The van der Waals surface area contributed by atoms with Gasteiger partial charge in [0.15, 0.2) is 0 Å². The molecule has 0 spiro atoms. The van der Waals surface area contributed by atoms with Crippen molar-refractivity contribution in [1.82, 2.24) is 5.32 Å². The molecule has 0 fully saturated rings. The van der Waals surface area contributed by atoms with Gasteiger partial charge in [-0.15, -0.1) is 0 Å². The zero-order valence-corrected chi connectivity index (χ0v) is 9.05. The molecule has 1 aromatic rings. The monoisotopic (exact) mass is 206 g/mol. The molecule has 0 amide bonds. The predicted octanol–water partition coefficient (Wildman–Crippen LogP) is 2.76. The summed E-state index contributed by atoms with van der Waals surface area (Å²) >= 11 is 0. The molecule has 0 aliphatic carbocycles. The Labute approximate surface area is 89.7 Å². The van der Waals surface area contributed by atoms with Crippen molar-refractivity contribution in [3.05, 3.63) is 35.1 Å². The van der Waals surface area contributed by atoms with E-state index in [9.17, 15) is 4.39 Å². The lowest BCUT2D eigenvalue weighted by Crippen LogP contribution is -2.20. The summed E-state index contributed by atoms with van der Waals surface area (Å²) in [6.45, 7) is 4.84. The van der Waals surface area contributed by atoms with E-state index >= 15 is 0 Å². The molecule has 0 aliphatic rings. The molecule has 15 heavy (non-hydrogen) atoms. The molecule has 0 radical (unpaired) electrons. The first-order chi connectivity index (χ1) is 7.19. The minimum absolute atomic E-state index is 0.0160. The molecule has 3 heteroatoms. The summed E-state index contributed by atoms with van der Waals surface area (Å²) < 4.78 is 13.5. The molecule has 0 saturated carbocycles. The minimum atomic E-state index is -0.315. The van der Waals surface area contributed by atoms with Gasteiger partial charge in [-0.1, -0.05) is 13.0 Å². The Morgan fingerprint density at radius 3 is 2.80 bits per heavy atom. The maximum absolute atomic E-state index is 13.5. The van der Waals surface area contributed by atoms with Gasteiger partial charge in [-0.2, -0.15) is 5.26 Å². The third-order valence-electron chi connectivity index (χ3n) is 2.30. The standard InChI is InChI=1S/C12H15FN2/c1-3-6-15-9(2)11-5-4-10(8-14)7-12(11)13/h4-5,7,9,15H,3,6H2,1-2H3. The number of hydrogen-bond acceptors (Lipinski definition) is 2. The van der Waals surface area contributed by atoms with E-state index in [4.69, 9.17) is 5.26 Å². The summed E-state index contributed by atoms with van der Waals surface area (Å²) in [6.07, 6.45) is 1.02. The van der Waals surface area contributed by atoms with Gasteiger partial charge >= 0.3 is 0 Å². The first-order valence-electron chi connectivity index (χ1n) is 5.12. The molecule has 80 valence electrons. The number of hydrogen-bond donors (Lipinski definition) is 1. The zero-order chi connectivity index (χ0) is 11.3. The molecule has 0 saturated heterocycles. The lowest BCUT2D eigenvalue weighted by molar-refractivity contribution is 0.527. The smallest absolute Gasteiger partial charge is 0.129 e. The summed E-state index contributed by atoms with van der Waals surface area (Å²) in [7, 11) is 0. The Hall–Kier alpha value is -1.40. The van der Waals surface area contributed by atoms with Gasteiger partial charge in [-0.3, -0.25) is 0 Å². The van der Waals surface area contributed by atoms with Crippen LogP contribution >= 0.6 is 0 Å². The van der Waals surface area contributed by atoms with Crippen LogP contribution in [0.5, 0.6) is 0 Å². The van der Waals surface area contributed by atoms with Crippen LogP contribution in [0.25, 0.3) is 0 Å². The molecule has 1 atom stereocenters. The summed E-state index contributed by atoms with van der Waals surface area (Å²) in [5.41, 5.74) is 0.974. The quantitative estimate of drug-likeness (QED) is 0.822. The summed E-state index contributed by atoms with van der Waals surface area (Å²) in [5, 5.41) is 11.8. The third kappa shape index (κ3) is 3.03. The fourth-order valence-corrected chi connectivity index (χ4v) is 1.42. The highest BCUT2D eigenvalue weighted by Gasteiger charge is 2.10. The first kappa shape index (κ1) is 11.7. The van der Waals surface area contributed by atoms with E-state index in [2.05, 4.69) is 12.2 Å². The Kier molecular flexibility index (Phi) is 4.26. The molecular formula is C12H15FN2. The van der Waals surface area contributed by atoms with Gasteiger partial charge in [0, 0.05) is 11.6 Å². The number of rotatable bonds is 4. The zero-order valence-electron chi connectivity index (χ0n) is 9.05. The van der Waals surface area contributed by atoms with Crippen molar-refractivity contribution in [2.45, 2.75) is 26.3 Å². The molecule has 0 heterocycles. The molecule has 2 nitrogen and oxygen atoms in total. The third-order valence-corrected chi connectivity index (χ3v) is 2.30. The maximum atomic E-state index is 13.5. The highest BCUT2D eigenvalue weighted by atomic mass is 19.1. The Morgan fingerprint density at radius 1 is 1.53 bits per heavy atom. The van der Waals surface area contributed by atoms with Crippen LogP contribution in [-0.2, 0) is 0 Å². The Morgan fingerprint density at radius 2 is 2.27 bits per heavy atom. The number of benzene rings is 1. The van der Waals surface area contributed by atoms with Crippen molar-refractivity contribution >= 4 is 0 Å². The topological polar surface area (TPSA) is 35.8 Å². The average Bonchev–Trinajstić information content (AvgIpc) is 2.25. The van der Waals surface area contributed by atoms with Crippen molar-refractivity contribution in [3.63, 3.8) is 0 Å². The van der Waals surface area contributed by atoms with Crippen LogP contribution in [0.1, 0.15) is 37.4 Å². The number of nitrogens with zero attached hydrogens (tertiary/aromatic N) is 1. The van der Waals surface area contributed by atoms with Gasteiger partial charge in [-0.25, -0.2) is 4.39 Å². The maximum Gasteiger partial charge on any atom is 0.129 e. The van der Waals surface area contributed by atoms with Crippen LogP contribution in [-0.4, -0.2) is 6.54 Å². The fourth-order valence-electron chi connectivity index (χ4n) is 1.42. The number of nitriles is 1. The summed E-state index contributed by atoms with van der Waals surface area (Å²) in [6, 6.07) is 6.49.